The molecule has 10 rings (SSSR count). The number of carboxylic acids is 2. The number of carbonyl (C=O) groups is 4. The molecule has 4 aromatic carbocycles. The van der Waals surface area contributed by atoms with Gasteiger partial charge in [-0.3, -0.25) is 27.9 Å². The Morgan fingerprint density at radius 2 is 0.882 bits per heavy atom. The molecule has 446 valence electrons. The number of aliphatic imine (C=N–C) groups is 4. The normalized spacial score (nSPS) is 17.5. The van der Waals surface area contributed by atoms with Crippen LogP contribution in [0.1, 0.15) is 22.3 Å². The molecule has 0 amide bonds. The predicted octanol–water partition coefficient (Wildman–Crippen LogP) is -0.0942. The van der Waals surface area contributed by atoms with Crippen molar-refractivity contribution in [3.05, 3.63) is 106 Å². The SMILES string of the molecule is CN(C)CS(=O)(=O)O[Si]1(OS(=O)(=O)CN(C)C)n2c3c4cc(OC(=O)S(C)(=O)=O)ccc4c2/N=C2N=C(/N=c4/c5cc(S(=O)(=O)CC(=O)O)ccc5/c(n41)=N/C1=NC(=N\3)/c3ccc(S(=O)(=O)CC(=O)O)cc31)c1ccc(OC(=O)S(C)(=O)=O)cc1\2. The van der Waals surface area contributed by atoms with Gasteiger partial charge < -0.3 is 19.7 Å². The van der Waals surface area contributed by atoms with Crippen LogP contribution in [-0.2, 0) is 76.9 Å². The van der Waals surface area contributed by atoms with Gasteiger partial charge in [0.1, 0.15) is 45.9 Å². The topological polar surface area (TPSA) is 441 Å². The first-order valence-corrected chi connectivity index (χ1v) is 35.7. The Kier molecular flexibility index (Phi) is 14.5. The Hall–Kier alpha value is -8.12. The van der Waals surface area contributed by atoms with E-state index in [0.717, 1.165) is 85.0 Å². The highest BCUT2D eigenvalue weighted by atomic mass is 32.2. The molecule has 39 heteroatoms. The van der Waals surface area contributed by atoms with Crippen molar-refractivity contribution in [3.63, 3.8) is 0 Å². The monoisotopic (exact) mass is 1300 g/mol. The second-order valence-corrected chi connectivity index (χ2v) is 33.4. The summed E-state index contributed by atoms with van der Waals surface area (Å²) in [4.78, 5) is 79.4. The van der Waals surface area contributed by atoms with E-state index in [2.05, 4.69) is 9.98 Å². The zero-order valence-electron chi connectivity index (χ0n) is 44.2. The first-order valence-electron chi connectivity index (χ1n) is 23.7. The van der Waals surface area contributed by atoms with Gasteiger partial charge in [-0.2, -0.15) is 16.8 Å². The number of nitrogens with zero attached hydrogens (tertiary/aromatic N) is 10. The largest absolute Gasteiger partial charge is 0.632 e. The van der Waals surface area contributed by atoms with E-state index in [-0.39, 0.29) is 38.4 Å². The minimum Gasteiger partial charge on any atom is -0.480 e. The highest BCUT2D eigenvalue weighted by Gasteiger charge is 2.59. The summed E-state index contributed by atoms with van der Waals surface area (Å²) >= 11 is 0. The number of carboxylic acid groups (broad SMARTS) is 2. The molecule has 0 spiro atoms. The summed E-state index contributed by atoms with van der Waals surface area (Å²) in [6.45, 7) is 0. The molecule has 0 unspecified atom stereocenters. The third-order valence-corrected chi connectivity index (χ3v) is 24.2. The van der Waals surface area contributed by atoms with Crippen LogP contribution in [0.5, 0.6) is 11.5 Å². The van der Waals surface area contributed by atoms with Gasteiger partial charge >= 0.3 is 31.4 Å². The first kappa shape index (κ1) is 60.0. The summed E-state index contributed by atoms with van der Waals surface area (Å²) in [5, 5.41) is 14.5. The van der Waals surface area contributed by atoms with Crippen LogP contribution in [0, 0.1) is 0 Å². The molecular weight excluding hydrogens is 1270 g/mol. The summed E-state index contributed by atoms with van der Waals surface area (Å²) in [5.74, 6) is -12.9. The number of hydrogen-bond donors (Lipinski definition) is 2. The Morgan fingerprint density at radius 3 is 1.40 bits per heavy atom. The first-order chi connectivity index (χ1) is 39.4. The van der Waals surface area contributed by atoms with Crippen LogP contribution in [0.2, 0.25) is 0 Å². The molecular formula is C46H40N10O22S6Si. The minimum atomic E-state index is -6.55. The number of ether oxygens (including phenoxy) is 2. The molecule has 0 fully saturated rings. The van der Waals surface area contributed by atoms with E-state index < -0.39 is 187 Å². The summed E-state index contributed by atoms with van der Waals surface area (Å²) in [6, 6.07) is 12.6. The second kappa shape index (κ2) is 20.6. The van der Waals surface area contributed by atoms with E-state index in [1.54, 1.807) is 0 Å². The molecule has 4 aliphatic heterocycles. The molecule has 4 aliphatic rings. The number of benzene rings is 4. The minimum absolute atomic E-state index is 0.0574. The number of sulfone groups is 4. The summed E-state index contributed by atoms with van der Waals surface area (Å²) < 4.78 is 190. The smallest absolute Gasteiger partial charge is 0.480 e. The molecule has 2 aromatic heterocycles. The van der Waals surface area contributed by atoms with Crippen LogP contribution < -0.4 is 20.4 Å². The molecule has 32 nitrogen and oxygen atoms in total. The van der Waals surface area contributed by atoms with E-state index in [4.69, 9.17) is 37.2 Å². The van der Waals surface area contributed by atoms with Gasteiger partial charge in [0.15, 0.2) is 54.5 Å². The van der Waals surface area contributed by atoms with Crippen molar-refractivity contribution < 1.29 is 97.1 Å². The molecule has 0 aliphatic carbocycles. The van der Waals surface area contributed by atoms with Crippen LogP contribution in [0.25, 0.3) is 21.5 Å². The Bertz CT molecular complexity index is 5050. The summed E-state index contributed by atoms with van der Waals surface area (Å²) in [7, 11) is -30.8. The van der Waals surface area contributed by atoms with E-state index >= 15 is 16.8 Å². The fourth-order valence-electron chi connectivity index (χ4n) is 9.08. The summed E-state index contributed by atoms with van der Waals surface area (Å²) in [6.07, 6.45) is 1.11. The molecule has 0 saturated heterocycles. The average Bonchev–Trinajstić information content (AvgIpc) is 1.57. The molecule has 85 heavy (non-hydrogen) atoms. The van der Waals surface area contributed by atoms with Crippen molar-refractivity contribution in [3.8, 4) is 11.5 Å². The number of aromatic nitrogens is 2. The number of fused-ring (bicyclic) bond motifs is 14. The maximum atomic E-state index is 15.2. The van der Waals surface area contributed by atoms with E-state index in [1.807, 2.05) is 0 Å². The van der Waals surface area contributed by atoms with Crippen LogP contribution in [0.4, 0.5) is 21.2 Å². The van der Waals surface area contributed by atoms with Crippen molar-refractivity contribution in [2.45, 2.75) is 9.79 Å². The molecule has 2 N–H and O–H groups in total. The number of rotatable bonds is 16. The molecule has 6 bridgehead atoms. The highest BCUT2D eigenvalue weighted by Crippen LogP contribution is 2.46. The third kappa shape index (κ3) is 11.2. The Labute approximate surface area is 481 Å². The molecule has 0 saturated carbocycles. The van der Waals surface area contributed by atoms with Gasteiger partial charge in [0.05, 0.1) is 22.3 Å². The van der Waals surface area contributed by atoms with Crippen LogP contribution in [-0.4, -0.2) is 198 Å². The van der Waals surface area contributed by atoms with Crippen molar-refractivity contribution in [1.29, 1.82) is 0 Å². The number of carbonyl (C=O) groups excluding carboxylic acids is 2. The van der Waals surface area contributed by atoms with Crippen molar-refractivity contribution in [1.82, 2.24) is 18.3 Å². The number of hydrogen-bond acceptors (Lipinski definition) is 28. The predicted molar refractivity (Wildman–Crippen MR) is 299 cm³/mol. The van der Waals surface area contributed by atoms with E-state index in [9.17, 15) is 63.1 Å². The maximum absolute atomic E-state index is 15.2. The zero-order valence-corrected chi connectivity index (χ0v) is 50.1. The van der Waals surface area contributed by atoms with E-state index in [1.165, 1.54) is 34.3 Å². The lowest BCUT2D eigenvalue weighted by atomic mass is 10.1. The highest BCUT2D eigenvalue weighted by molar-refractivity contribution is 8.05. The van der Waals surface area contributed by atoms with Gasteiger partial charge in [-0.15, -0.1) is 0 Å². The fourth-order valence-corrected chi connectivity index (χ4v) is 19.5. The third-order valence-electron chi connectivity index (χ3n) is 12.2. The van der Waals surface area contributed by atoms with Gasteiger partial charge in [-0.25, -0.2) is 81.0 Å². The maximum Gasteiger partial charge on any atom is 0.632 e. The van der Waals surface area contributed by atoms with Gasteiger partial charge in [0.25, 0.3) is 20.2 Å². The van der Waals surface area contributed by atoms with Gasteiger partial charge in [0, 0.05) is 43.8 Å². The quantitative estimate of drug-likeness (QED) is 0.0944. The van der Waals surface area contributed by atoms with Crippen molar-refractivity contribution >= 4 is 148 Å². The standard InChI is InChI=1S/C46H40N10O22S6Si/c1-53(2)21-83(71,72)77-85(78-84(73,74)22-54(3)4)55-41-29-12-8-24(76-46(62)80(6,65)66)16-33(29)43(55)49-38-28-13-9-25(81(67,68)19-35(57)58)17-32(28)40(48-38)52-42-30-14-10-26(82(69,70)20-36(59)60)18-34(30)44(56(42)85)50-37-27-11-7-23(75-45(61)79(5,63)64)15-31(27)39(47-37)51-41/h7-18H,19-22H2,1-6H3,(H,57,58)(H,59,60)/b49-38-,49-43?,50-37?,50-44-,51-39-,51-41?,52-40?,52-42-. The van der Waals surface area contributed by atoms with Crippen LogP contribution in [0.3, 0.4) is 0 Å². The Balaban J connectivity index is 1.52. The van der Waals surface area contributed by atoms with Crippen molar-refractivity contribution in [2.75, 3.05) is 64.0 Å². The molecule has 6 heterocycles. The number of aliphatic carboxylic acids is 2. The second-order valence-electron chi connectivity index (χ2n) is 19.6. The lowest BCUT2D eigenvalue weighted by molar-refractivity contribution is -0.135. The van der Waals surface area contributed by atoms with Crippen molar-refractivity contribution in [2.24, 2.45) is 30.0 Å². The number of amidine groups is 4. The average molecular weight is 1310 g/mol. The van der Waals surface area contributed by atoms with Crippen LogP contribution in [0.15, 0.2) is 113 Å². The fraction of sp³-hybridized carbons (Fsp3) is 0.217. The molecule has 6 aromatic rings. The molecule has 0 radical (unpaired) electrons. The van der Waals surface area contributed by atoms with Gasteiger partial charge in [-0.05, 0) is 101 Å². The summed E-state index contributed by atoms with van der Waals surface area (Å²) in [5.41, 5.74) is -1.97. The molecule has 0 atom stereocenters. The van der Waals surface area contributed by atoms with Gasteiger partial charge in [-0.1, -0.05) is 0 Å². The lowest BCUT2D eigenvalue weighted by Gasteiger charge is -2.32. The van der Waals surface area contributed by atoms with E-state index in [0.29, 0.717) is 12.5 Å². The lowest BCUT2D eigenvalue weighted by Crippen LogP contribution is -2.65. The Morgan fingerprint density at radius 1 is 0.471 bits per heavy atom. The zero-order chi connectivity index (χ0) is 62.1. The van der Waals surface area contributed by atoms with Crippen LogP contribution >= 0.6 is 0 Å². The van der Waals surface area contributed by atoms with Gasteiger partial charge in [0.2, 0.25) is 19.7 Å².